The van der Waals surface area contributed by atoms with Gasteiger partial charge < -0.3 is 0 Å². The van der Waals surface area contributed by atoms with E-state index in [1.165, 1.54) is 45.3 Å². The average Bonchev–Trinajstić information content (AvgIpc) is 3.01. The van der Waals surface area contributed by atoms with Crippen LogP contribution in [0.4, 0.5) is 0 Å². The minimum Gasteiger partial charge on any atom is -0.274 e. The molecular weight excluding hydrogens is 322 g/mol. The van der Waals surface area contributed by atoms with Crippen LogP contribution in [0.2, 0.25) is 0 Å². The third-order valence-corrected chi connectivity index (χ3v) is 6.21. The number of nitrogens with zero attached hydrogens (tertiary/aromatic N) is 2. The molecule has 0 saturated heterocycles. The molecule has 6 nitrogen and oxygen atoms in total. The van der Waals surface area contributed by atoms with E-state index >= 15 is 0 Å². The highest BCUT2D eigenvalue weighted by Gasteiger charge is 2.23. The zero-order chi connectivity index (χ0) is 15.7. The summed E-state index contributed by atoms with van der Waals surface area (Å²) in [5, 5.41) is 3.82. The summed E-state index contributed by atoms with van der Waals surface area (Å²) in [6, 6.07) is 1.83. The van der Waals surface area contributed by atoms with Gasteiger partial charge in [-0.25, -0.2) is 13.1 Å². The number of aromatic nitrogens is 2. The van der Waals surface area contributed by atoms with Gasteiger partial charge >= 0.3 is 0 Å². The Hall–Kier alpha value is -1.67. The fourth-order valence-electron chi connectivity index (χ4n) is 2.55. The molecule has 8 heteroatoms. The fraction of sp³-hybridized carbons (Fsp3) is 0.429. The third kappa shape index (κ3) is 3.07. The Bertz CT molecular complexity index is 782. The van der Waals surface area contributed by atoms with E-state index in [1.54, 1.807) is 7.05 Å². The van der Waals surface area contributed by atoms with Gasteiger partial charge in [0, 0.05) is 18.1 Å². The zero-order valence-electron chi connectivity index (χ0n) is 12.2. The molecule has 1 aliphatic rings. The second-order valence-electron chi connectivity index (χ2n) is 5.40. The molecule has 0 radical (unpaired) electrons. The largest absolute Gasteiger partial charge is 0.275 e. The van der Waals surface area contributed by atoms with Crippen molar-refractivity contribution in [3.63, 3.8) is 0 Å². The van der Waals surface area contributed by atoms with Crippen LogP contribution in [0.1, 0.15) is 39.4 Å². The molecule has 0 spiro atoms. The van der Waals surface area contributed by atoms with E-state index in [9.17, 15) is 13.2 Å². The fourth-order valence-corrected chi connectivity index (χ4v) is 4.71. The normalized spacial score (nSPS) is 15.1. The molecule has 2 heterocycles. The number of amides is 1. The maximum absolute atomic E-state index is 12.2. The van der Waals surface area contributed by atoms with Crippen LogP contribution in [0.5, 0.6) is 0 Å². The second-order valence-corrected chi connectivity index (χ2v) is 8.22. The lowest BCUT2D eigenvalue weighted by Gasteiger charge is -2.03. The number of aryl methyl sites for hydroxylation is 3. The first-order valence-electron chi connectivity index (χ1n) is 7.13. The van der Waals surface area contributed by atoms with Crippen molar-refractivity contribution in [1.82, 2.24) is 14.5 Å². The summed E-state index contributed by atoms with van der Waals surface area (Å²) in [6.07, 6.45) is 7.98. The number of hydrogen-bond donors (Lipinski definition) is 1. The SMILES string of the molecule is Cn1cc(S(=O)(=O)NC(=O)c2cc3c(s2)CCCCC3)cn1. The Kier molecular flexibility index (Phi) is 4.05. The number of rotatable bonds is 3. The maximum atomic E-state index is 12.2. The molecule has 22 heavy (non-hydrogen) atoms. The summed E-state index contributed by atoms with van der Waals surface area (Å²) in [7, 11) is -2.25. The molecule has 2 aromatic heterocycles. The van der Waals surface area contributed by atoms with Gasteiger partial charge in [-0.15, -0.1) is 11.3 Å². The van der Waals surface area contributed by atoms with Crippen molar-refractivity contribution >= 4 is 27.3 Å². The highest BCUT2D eigenvalue weighted by atomic mass is 32.2. The van der Waals surface area contributed by atoms with Crippen LogP contribution in [-0.4, -0.2) is 24.1 Å². The number of carbonyl (C=O) groups is 1. The van der Waals surface area contributed by atoms with Gasteiger partial charge in [0.05, 0.1) is 11.1 Å². The lowest BCUT2D eigenvalue weighted by atomic mass is 10.1. The summed E-state index contributed by atoms with van der Waals surface area (Å²) in [4.78, 5) is 13.9. The molecule has 118 valence electrons. The highest BCUT2D eigenvalue weighted by Crippen LogP contribution is 2.29. The van der Waals surface area contributed by atoms with Crippen LogP contribution in [0.3, 0.4) is 0 Å². The summed E-state index contributed by atoms with van der Waals surface area (Å²) in [5.41, 5.74) is 1.19. The van der Waals surface area contributed by atoms with E-state index in [-0.39, 0.29) is 4.90 Å². The first-order chi connectivity index (χ1) is 10.5. The molecule has 0 saturated carbocycles. The predicted molar refractivity (Wildman–Crippen MR) is 83.4 cm³/mol. The van der Waals surface area contributed by atoms with Crippen LogP contribution >= 0.6 is 11.3 Å². The Morgan fingerprint density at radius 2 is 2.09 bits per heavy atom. The zero-order valence-corrected chi connectivity index (χ0v) is 13.8. The highest BCUT2D eigenvalue weighted by molar-refractivity contribution is 7.90. The molecule has 0 aliphatic heterocycles. The number of nitrogens with one attached hydrogen (secondary N) is 1. The quantitative estimate of drug-likeness (QED) is 0.866. The van der Waals surface area contributed by atoms with E-state index in [2.05, 4.69) is 9.82 Å². The van der Waals surface area contributed by atoms with Crippen molar-refractivity contribution in [1.29, 1.82) is 0 Å². The second kappa shape index (κ2) is 5.85. The first kappa shape index (κ1) is 15.2. The van der Waals surface area contributed by atoms with Crippen molar-refractivity contribution in [2.75, 3.05) is 0 Å². The van der Waals surface area contributed by atoms with E-state index < -0.39 is 15.9 Å². The predicted octanol–water partition coefficient (Wildman–Crippen LogP) is 1.87. The van der Waals surface area contributed by atoms with Crippen molar-refractivity contribution in [3.05, 3.63) is 33.8 Å². The maximum Gasteiger partial charge on any atom is 0.275 e. The van der Waals surface area contributed by atoms with Gasteiger partial charge in [0.1, 0.15) is 4.90 Å². The molecule has 1 N–H and O–H groups in total. The first-order valence-corrected chi connectivity index (χ1v) is 9.43. The van der Waals surface area contributed by atoms with Gasteiger partial charge in [-0.1, -0.05) is 6.42 Å². The summed E-state index contributed by atoms with van der Waals surface area (Å²) in [5.74, 6) is -0.568. The van der Waals surface area contributed by atoms with E-state index in [0.29, 0.717) is 4.88 Å². The summed E-state index contributed by atoms with van der Waals surface area (Å²) in [6.45, 7) is 0. The number of hydrogen-bond acceptors (Lipinski definition) is 5. The molecule has 0 aromatic carbocycles. The Morgan fingerprint density at radius 3 is 2.82 bits per heavy atom. The van der Waals surface area contributed by atoms with Crippen molar-refractivity contribution in [2.24, 2.45) is 7.05 Å². The molecule has 1 amide bonds. The van der Waals surface area contributed by atoms with E-state index in [4.69, 9.17) is 0 Å². The minimum absolute atomic E-state index is 0.0125. The topological polar surface area (TPSA) is 81.1 Å². The third-order valence-electron chi connectivity index (χ3n) is 3.69. The summed E-state index contributed by atoms with van der Waals surface area (Å²) >= 11 is 1.40. The van der Waals surface area contributed by atoms with Crippen molar-refractivity contribution < 1.29 is 13.2 Å². The van der Waals surface area contributed by atoms with Gasteiger partial charge in [0.25, 0.3) is 15.9 Å². The molecule has 0 bridgehead atoms. The average molecular weight is 339 g/mol. The number of fused-ring (bicyclic) bond motifs is 1. The number of sulfonamides is 1. The molecule has 3 rings (SSSR count). The summed E-state index contributed by atoms with van der Waals surface area (Å²) < 4.78 is 27.8. The minimum atomic E-state index is -3.87. The van der Waals surface area contributed by atoms with Gasteiger partial charge in [-0.3, -0.25) is 9.48 Å². The van der Waals surface area contributed by atoms with Crippen LogP contribution in [-0.2, 0) is 29.9 Å². The molecule has 2 aromatic rings. The smallest absolute Gasteiger partial charge is 0.274 e. The monoisotopic (exact) mass is 339 g/mol. The number of thiophene rings is 1. The van der Waals surface area contributed by atoms with Crippen LogP contribution in [0.25, 0.3) is 0 Å². The van der Waals surface area contributed by atoms with Gasteiger partial charge in [-0.05, 0) is 37.3 Å². The number of carbonyl (C=O) groups excluding carboxylic acids is 1. The van der Waals surface area contributed by atoms with Gasteiger partial charge in [-0.2, -0.15) is 5.10 Å². The molecular formula is C14H17N3O3S2. The van der Waals surface area contributed by atoms with Crippen molar-refractivity contribution in [3.8, 4) is 0 Å². The van der Waals surface area contributed by atoms with Gasteiger partial charge in [0.15, 0.2) is 0 Å². The molecule has 0 unspecified atom stereocenters. The molecule has 0 fully saturated rings. The van der Waals surface area contributed by atoms with Crippen molar-refractivity contribution in [2.45, 2.75) is 37.0 Å². The Balaban J connectivity index is 1.80. The van der Waals surface area contributed by atoms with Gasteiger partial charge in [0.2, 0.25) is 0 Å². The van der Waals surface area contributed by atoms with Crippen LogP contribution in [0.15, 0.2) is 23.4 Å². The lowest BCUT2D eigenvalue weighted by molar-refractivity contribution is 0.0985. The van der Waals surface area contributed by atoms with Crippen LogP contribution < -0.4 is 4.72 Å². The Morgan fingerprint density at radius 1 is 1.32 bits per heavy atom. The Labute approximate surface area is 133 Å². The van der Waals surface area contributed by atoms with E-state index in [0.717, 1.165) is 25.7 Å². The lowest BCUT2D eigenvalue weighted by Crippen LogP contribution is -2.29. The molecule has 1 aliphatic carbocycles. The molecule has 0 atom stereocenters. The standard InChI is InChI=1S/C14H17N3O3S2/c1-17-9-11(8-15-17)22(19,20)16-14(18)13-7-10-5-3-2-4-6-12(10)21-13/h7-9H,2-6H2,1H3,(H,16,18). The van der Waals surface area contributed by atoms with E-state index in [1.807, 2.05) is 6.07 Å². The van der Waals surface area contributed by atoms with Crippen LogP contribution in [0, 0.1) is 0 Å².